The van der Waals surface area contributed by atoms with Crippen LogP contribution >= 0.6 is 0 Å². The maximum absolute atomic E-state index is 11.2. The van der Waals surface area contributed by atoms with Crippen LogP contribution in [0.15, 0.2) is 12.4 Å². The van der Waals surface area contributed by atoms with E-state index in [4.69, 9.17) is 0 Å². The molecular formula is C11H18N4O2S. The lowest BCUT2D eigenvalue weighted by Crippen LogP contribution is -2.29. The highest BCUT2D eigenvalue weighted by Gasteiger charge is 2.17. The summed E-state index contributed by atoms with van der Waals surface area (Å²) in [5.41, 5.74) is 0.914. The van der Waals surface area contributed by atoms with Gasteiger partial charge in [0.2, 0.25) is 5.91 Å². The van der Waals surface area contributed by atoms with Crippen LogP contribution in [0.25, 0.3) is 0 Å². The maximum Gasteiger partial charge on any atom is 0.241 e. The summed E-state index contributed by atoms with van der Waals surface area (Å²) in [6.45, 7) is 0.229. The van der Waals surface area contributed by atoms with Crippen molar-refractivity contribution in [3.05, 3.63) is 12.4 Å². The summed E-state index contributed by atoms with van der Waals surface area (Å²) >= 11 is 0. The van der Waals surface area contributed by atoms with Crippen molar-refractivity contribution in [2.45, 2.75) is 25.4 Å². The summed E-state index contributed by atoms with van der Waals surface area (Å²) < 4.78 is 12.8. The van der Waals surface area contributed by atoms with Crippen molar-refractivity contribution in [1.29, 1.82) is 0 Å². The van der Waals surface area contributed by atoms with Gasteiger partial charge in [-0.1, -0.05) is 0 Å². The van der Waals surface area contributed by atoms with Gasteiger partial charge in [0.05, 0.1) is 11.9 Å². The van der Waals surface area contributed by atoms with Crippen LogP contribution in [0.2, 0.25) is 0 Å². The van der Waals surface area contributed by atoms with Gasteiger partial charge in [-0.25, -0.2) is 0 Å². The molecule has 6 nitrogen and oxygen atoms in total. The molecule has 0 radical (unpaired) electrons. The monoisotopic (exact) mass is 270 g/mol. The summed E-state index contributed by atoms with van der Waals surface area (Å²) in [5, 5.41) is 10.0. The van der Waals surface area contributed by atoms with Crippen LogP contribution in [-0.2, 0) is 22.1 Å². The van der Waals surface area contributed by atoms with Gasteiger partial charge in [-0.3, -0.25) is 13.7 Å². The zero-order valence-corrected chi connectivity index (χ0v) is 11.2. The van der Waals surface area contributed by atoms with E-state index in [1.807, 2.05) is 6.20 Å². The second-order valence-corrected chi connectivity index (χ2v) is 6.06. The number of hydrogen-bond donors (Lipinski definition) is 2. The fraction of sp³-hybridized carbons (Fsp3) is 0.636. The van der Waals surface area contributed by atoms with Crippen LogP contribution in [0.5, 0.6) is 0 Å². The Labute approximate surface area is 109 Å². The molecule has 0 unspecified atom stereocenters. The molecule has 0 bridgehead atoms. The molecule has 1 aromatic heterocycles. The minimum atomic E-state index is -0.637. The third-order valence-electron chi connectivity index (χ3n) is 2.98. The number of rotatable bonds is 4. The first-order valence-corrected chi connectivity index (χ1v) is 7.50. The number of nitrogens with one attached hydrogen (secondary N) is 2. The normalized spacial score (nSPS) is 23.6. The fourth-order valence-electron chi connectivity index (χ4n) is 1.92. The van der Waals surface area contributed by atoms with E-state index >= 15 is 0 Å². The Morgan fingerprint density at radius 3 is 2.94 bits per heavy atom. The van der Waals surface area contributed by atoms with Crippen molar-refractivity contribution in [2.75, 3.05) is 23.9 Å². The Hall–Kier alpha value is -1.37. The van der Waals surface area contributed by atoms with Crippen molar-refractivity contribution in [3.63, 3.8) is 0 Å². The van der Waals surface area contributed by atoms with E-state index in [2.05, 4.69) is 15.7 Å². The Kier molecular flexibility index (Phi) is 4.35. The summed E-state index contributed by atoms with van der Waals surface area (Å²) in [6.07, 6.45) is 5.38. The Morgan fingerprint density at radius 1 is 1.56 bits per heavy atom. The predicted molar refractivity (Wildman–Crippen MR) is 70.8 cm³/mol. The largest absolute Gasteiger partial charge is 0.380 e. The molecule has 1 amide bonds. The van der Waals surface area contributed by atoms with Crippen LogP contribution < -0.4 is 10.6 Å². The quantitative estimate of drug-likeness (QED) is 0.804. The van der Waals surface area contributed by atoms with E-state index in [1.165, 1.54) is 0 Å². The molecule has 2 rings (SSSR count). The standard InChI is InChI=1S/C11H18N4O2S/c1-12-11(16)8-15-7-10(6-13-15)14-9-2-4-18(17)5-3-9/h6-7,9,14H,2-5,8H2,1H3,(H,12,16). The van der Waals surface area contributed by atoms with Gasteiger partial charge in [0, 0.05) is 41.6 Å². The molecule has 0 aliphatic carbocycles. The lowest BCUT2D eigenvalue weighted by Gasteiger charge is -2.22. The molecule has 2 N–H and O–H groups in total. The van der Waals surface area contributed by atoms with E-state index in [0.29, 0.717) is 6.04 Å². The molecule has 1 fully saturated rings. The van der Waals surface area contributed by atoms with Gasteiger partial charge in [-0.15, -0.1) is 0 Å². The molecule has 0 spiro atoms. The van der Waals surface area contributed by atoms with Gasteiger partial charge >= 0.3 is 0 Å². The lowest BCUT2D eigenvalue weighted by atomic mass is 10.1. The van der Waals surface area contributed by atoms with E-state index < -0.39 is 10.8 Å². The van der Waals surface area contributed by atoms with Crippen molar-refractivity contribution >= 4 is 22.4 Å². The highest BCUT2D eigenvalue weighted by Crippen LogP contribution is 2.15. The molecule has 2 heterocycles. The molecule has 1 aliphatic heterocycles. The van der Waals surface area contributed by atoms with Crippen LogP contribution in [0.3, 0.4) is 0 Å². The first kappa shape index (κ1) is 13.1. The third kappa shape index (κ3) is 3.56. The number of nitrogens with zero attached hydrogens (tertiary/aromatic N) is 2. The summed E-state index contributed by atoms with van der Waals surface area (Å²) in [6, 6.07) is 0.361. The van der Waals surface area contributed by atoms with Crippen molar-refractivity contribution < 1.29 is 9.00 Å². The summed E-state index contributed by atoms with van der Waals surface area (Å²) in [5.74, 6) is 1.46. The van der Waals surface area contributed by atoms with Gasteiger partial charge in [0.15, 0.2) is 0 Å². The van der Waals surface area contributed by atoms with E-state index in [-0.39, 0.29) is 12.5 Å². The van der Waals surface area contributed by atoms with Gasteiger partial charge in [0.1, 0.15) is 6.54 Å². The van der Waals surface area contributed by atoms with Gasteiger partial charge in [0.25, 0.3) is 0 Å². The highest BCUT2D eigenvalue weighted by molar-refractivity contribution is 7.85. The molecule has 0 atom stereocenters. The van der Waals surface area contributed by atoms with Crippen molar-refractivity contribution in [1.82, 2.24) is 15.1 Å². The van der Waals surface area contributed by atoms with Crippen molar-refractivity contribution in [3.8, 4) is 0 Å². The first-order valence-electron chi connectivity index (χ1n) is 6.02. The van der Waals surface area contributed by atoms with Crippen LogP contribution in [0.1, 0.15) is 12.8 Å². The average Bonchev–Trinajstić information content (AvgIpc) is 2.79. The highest BCUT2D eigenvalue weighted by atomic mass is 32.2. The Morgan fingerprint density at radius 2 is 2.28 bits per heavy atom. The molecule has 1 saturated heterocycles. The number of carbonyl (C=O) groups is 1. The molecule has 18 heavy (non-hydrogen) atoms. The number of likely N-dealkylation sites (N-methyl/N-ethyl adjacent to an activating group) is 1. The summed E-state index contributed by atoms with van der Waals surface area (Å²) in [4.78, 5) is 11.2. The van der Waals surface area contributed by atoms with Gasteiger partial charge < -0.3 is 10.6 Å². The molecular weight excluding hydrogens is 252 g/mol. The first-order chi connectivity index (χ1) is 8.67. The summed E-state index contributed by atoms with van der Waals surface area (Å²) in [7, 11) is 0.968. The second-order valence-electron chi connectivity index (χ2n) is 4.37. The van der Waals surface area contributed by atoms with Crippen molar-refractivity contribution in [2.24, 2.45) is 0 Å². The number of hydrogen-bond acceptors (Lipinski definition) is 4. The number of amides is 1. The predicted octanol–water partition coefficient (Wildman–Crippen LogP) is -0.0479. The van der Waals surface area contributed by atoms with E-state index in [9.17, 15) is 9.00 Å². The Balaban J connectivity index is 1.86. The maximum atomic E-state index is 11.2. The SMILES string of the molecule is CNC(=O)Cn1cc(NC2CCS(=O)CC2)cn1. The van der Waals surface area contributed by atoms with Gasteiger partial charge in [-0.05, 0) is 12.8 Å². The zero-order chi connectivity index (χ0) is 13.0. The van der Waals surface area contributed by atoms with E-state index in [0.717, 1.165) is 30.0 Å². The molecule has 0 saturated carbocycles. The van der Waals surface area contributed by atoms with Crippen LogP contribution in [0, 0.1) is 0 Å². The third-order valence-corrected chi connectivity index (χ3v) is 4.36. The smallest absolute Gasteiger partial charge is 0.241 e. The minimum absolute atomic E-state index is 0.0716. The zero-order valence-electron chi connectivity index (χ0n) is 10.4. The average molecular weight is 270 g/mol. The second kappa shape index (κ2) is 5.99. The van der Waals surface area contributed by atoms with Crippen LogP contribution in [-0.4, -0.2) is 44.5 Å². The van der Waals surface area contributed by atoms with Crippen LogP contribution in [0.4, 0.5) is 5.69 Å². The van der Waals surface area contributed by atoms with Gasteiger partial charge in [-0.2, -0.15) is 5.10 Å². The number of carbonyl (C=O) groups excluding carboxylic acids is 1. The number of aromatic nitrogens is 2. The topological polar surface area (TPSA) is 76.0 Å². The fourth-order valence-corrected chi connectivity index (χ4v) is 3.22. The molecule has 0 aromatic carbocycles. The van der Waals surface area contributed by atoms with E-state index in [1.54, 1.807) is 17.9 Å². The molecule has 100 valence electrons. The lowest BCUT2D eigenvalue weighted by molar-refractivity contribution is -0.121. The Bertz CT molecular complexity index is 436. The molecule has 1 aromatic rings. The molecule has 1 aliphatic rings. The molecule has 7 heteroatoms. The number of anilines is 1. The minimum Gasteiger partial charge on any atom is -0.380 e.